The fraction of sp³-hybridized carbons (Fsp3) is 0.583. The number of benzene rings is 1. The van der Waals surface area contributed by atoms with E-state index in [0.717, 1.165) is 64.0 Å². The van der Waals surface area contributed by atoms with Crippen molar-refractivity contribution in [2.24, 2.45) is 0 Å². The molecule has 4 rings (SSSR count). The van der Waals surface area contributed by atoms with Crippen LogP contribution in [0.4, 0.5) is 4.79 Å². The molecule has 9 nitrogen and oxygen atoms in total. The molecule has 0 aromatic heterocycles. The second-order valence-electron chi connectivity index (χ2n) is 9.09. The van der Waals surface area contributed by atoms with E-state index in [0.29, 0.717) is 18.5 Å². The molecule has 3 heterocycles. The van der Waals surface area contributed by atoms with Gasteiger partial charge in [0.05, 0.1) is 0 Å². The number of urea groups is 1. The van der Waals surface area contributed by atoms with Crippen LogP contribution in [0.5, 0.6) is 0 Å². The molecule has 9 heteroatoms. The Labute approximate surface area is 194 Å². The van der Waals surface area contributed by atoms with Crippen molar-refractivity contribution in [2.45, 2.75) is 51.1 Å². The molecule has 1 unspecified atom stereocenters. The average molecular weight is 456 g/mol. The molecule has 0 aliphatic carbocycles. The van der Waals surface area contributed by atoms with Gasteiger partial charge in [-0.25, -0.2) is 4.79 Å². The van der Waals surface area contributed by atoms with Crippen LogP contribution in [-0.2, 0) is 22.6 Å². The van der Waals surface area contributed by atoms with Gasteiger partial charge in [-0.3, -0.25) is 24.6 Å². The smallest absolute Gasteiger partial charge is 0.317 e. The van der Waals surface area contributed by atoms with Gasteiger partial charge in [0.2, 0.25) is 11.8 Å². The molecule has 0 saturated carbocycles. The molecular formula is C24H33N5O4. The van der Waals surface area contributed by atoms with Crippen molar-refractivity contribution in [2.75, 3.05) is 39.8 Å². The van der Waals surface area contributed by atoms with E-state index >= 15 is 0 Å². The number of piperazine rings is 1. The molecule has 2 N–H and O–H groups in total. The number of unbranched alkanes of at least 4 members (excludes halogenated alkanes) is 2. The van der Waals surface area contributed by atoms with Gasteiger partial charge < -0.3 is 15.1 Å². The van der Waals surface area contributed by atoms with E-state index in [1.807, 2.05) is 17.0 Å². The number of nitrogens with zero attached hydrogens (tertiary/aromatic N) is 3. The molecule has 5 amide bonds. The molecule has 0 bridgehead atoms. The Kier molecular flexibility index (Phi) is 7.27. The van der Waals surface area contributed by atoms with Crippen LogP contribution in [0, 0.1) is 0 Å². The van der Waals surface area contributed by atoms with E-state index in [-0.39, 0.29) is 30.2 Å². The minimum atomic E-state index is -0.565. The molecule has 1 aromatic rings. The second-order valence-corrected chi connectivity index (χ2v) is 9.09. The minimum Gasteiger partial charge on any atom is -0.341 e. The Hall–Kier alpha value is -2.94. The summed E-state index contributed by atoms with van der Waals surface area (Å²) >= 11 is 0. The summed E-state index contributed by atoms with van der Waals surface area (Å²) in [6, 6.07) is 5.43. The fourth-order valence-electron chi connectivity index (χ4n) is 4.96. The van der Waals surface area contributed by atoms with Crippen molar-refractivity contribution in [3.8, 4) is 0 Å². The van der Waals surface area contributed by atoms with Gasteiger partial charge in [-0.05, 0) is 49.4 Å². The van der Waals surface area contributed by atoms with Crippen LogP contribution in [0.25, 0.3) is 0 Å². The predicted molar refractivity (Wildman–Crippen MR) is 123 cm³/mol. The number of amides is 5. The summed E-state index contributed by atoms with van der Waals surface area (Å²) in [6.45, 7) is 4.90. The Bertz CT molecular complexity index is 925. The summed E-state index contributed by atoms with van der Waals surface area (Å²) in [6.07, 6.45) is 4.97. The maximum atomic E-state index is 12.8. The zero-order valence-corrected chi connectivity index (χ0v) is 19.3. The molecule has 0 spiro atoms. The van der Waals surface area contributed by atoms with Crippen LogP contribution in [0.2, 0.25) is 0 Å². The second kappa shape index (κ2) is 10.3. The van der Waals surface area contributed by atoms with Gasteiger partial charge >= 0.3 is 6.03 Å². The highest BCUT2D eigenvalue weighted by molar-refractivity contribution is 6.05. The molecule has 1 atom stereocenters. The van der Waals surface area contributed by atoms with Gasteiger partial charge in [-0.1, -0.05) is 18.6 Å². The zero-order chi connectivity index (χ0) is 23.4. The number of piperidine rings is 1. The van der Waals surface area contributed by atoms with Crippen molar-refractivity contribution in [1.29, 1.82) is 0 Å². The van der Waals surface area contributed by atoms with Crippen molar-refractivity contribution in [1.82, 2.24) is 25.3 Å². The normalized spacial score (nSPS) is 21.2. The molecule has 0 radical (unpaired) electrons. The molecule has 3 aliphatic heterocycles. The number of carbonyl (C=O) groups is 4. The van der Waals surface area contributed by atoms with Gasteiger partial charge in [0.15, 0.2) is 0 Å². The lowest BCUT2D eigenvalue weighted by Gasteiger charge is -2.34. The highest BCUT2D eigenvalue weighted by Gasteiger charge is 2.39. The van der Waals surface area contributed by atoms with Crippen molar-refractivity contribution >= 4 is 23.8 Å². The summed E-state index contributed by atoms with van der Waals surface area (Å²) < 4.78 is 0. The third kappa shape index (κ3) is 5.35. The Balaban J connectivity index is 1.20. The van der Waals surface area contributed by atoms with E-state index < -0.39 is 6.04 Å². The Morgan fingerprint density at radius 2 is 1.88 bits per heavy atom. The monoisotopic (exact) mass is 455 g/mol. The van der Waals surface area contributed by atoms with E-state index in [1.165, 1.54) is 5.56 Å². The molecule has 33 heavy (non-hydrogen) atoms. The van der Waals surface area contributed by atoms with Crippen molar-refractivity contribution in [3.05, 3.63) is 34.9 Å². The highest BCUT2D eigenvalue weighted by atomic mass is 16.2. The summed E-state index contributed by atoms with van der Waals surface area (Å²) in [4.78, 5) is 53.9. The lowest BCUT2D eigenvalue weighted by Crippen LogP contribution is -2.52. The standard InChI is InChI=1S/C24H33N5O4/c1-25-24(33)28-13-11-27(12-14-28)10-4-2-3-5-17-6-7-19-18(15-17)16-29(23(19)32)20-8-9-21(30)26-22(20)31/h6-7,15,20H,2-5,8-14,16H2,1H3,(H,25,33)(H,26,30,31). The highest BCUT2D eigenvalue weighted by Crippen LogP contribution is 2.28. The Morgan fingerprint density at radius 1 is 1.09 bits per heavy atom. The maximum Gasteiger partial charge on any atom is 0.317 e. The number of imide groups is 1. The molecule has 1 aromatic carbocycles. The predicted octanol–water partition coefficient (Wildman–Crippen LogP) is 1.12. The summed E-state index contributed by atoms with van der Waals surface area (Å²) in [5.41, 5.74) is 2.85. The van der Waals surface area contributed by atoms with E-state index in [2.05, 4.69) is 21.6 Å². The molecular weight excluding hydrogens is 422 g/mol. The first-order valence-electron chi connectivity index (χ1n) is 11.9. The van der Waals surface area contributed by atoms with Gasteiger partial charge in [-0.2, -0.15) is 0 Å². The SMILES string of the molecule is CNC(=O)N1CCN(CCCCCc2ccc3c(c2)CN(C2CCC(=O)NC2=O)C3=O)CC1. The van der Waals surface area contributed by atoms with Crippen molar-refractivity contribution < 1.29 is 19.2 Å². The number of fused-ring (bicyclic) bond motifs is 1. The molecule has 2 saturated heterocycles. The quantitative estimate of drug-likeness (QED) is 0.474. The number of carbonyl (C=O) groups excluding carboxylic acids is 4. The topological polar surface area (TPSA) is 102 Å². The van der Waals surface area contributed by atoms with E-state index in [9.17, 15) is 19.2 Å². The number of hydrogen-bond acceptors (Lipinski definition) is 5. The van der Waals surface area contributed by atoms with Crippen LogP contribution in [0.1, 0.15) is 53.6 Å². The first-order chi connectivity index (χ1) is 16.0. The van der Waals surface area contributed by atoms with E-state index in [1.54, 1.807) is 11.9 Å². The fourth-order valence-corrected chi connectivity index (χ4v) is 4.96. The lowest BCUT2D eigenvalue weighted by molar-refractivity contribution is -0.136. The van der Waals surface area contributed by atoms with Crippen molar-refractivity contribution in [3.63, 3.8) is 0 Å². The van der Waals surface area contributed by atoms with Gasteiger partial charge in [-0.15, -0.1) is 0 Å². The van der Waals surface area contributed by atoms with Crippen LogP contribution in [-0.4, -0.2) is 84.3 Å². The molecule has 178 valence electrons. The lowest BCUT2D eigenvalue weighted by atomic mass is 10.0. The minimum absolute atomic E-state index is 0.00549. The van der Waals surface area contributed by atoms with Crippen LogP contribution < -0.4 is 10.6 Å². The van der Waals surface area contributed by atoms with Crippen LogP contribution in [0.15, 0.2) is 18.2 Å². The van der Waals surface area contributed by atoms with Crippen LogP contribution >= 0.6 is 0 Å². The van der Waals surface area contributed by atoms with Gasteiger partial charge in [0.1, 0.15) is 6.04 Å². The largest absolute Gasteiger partial charge is 0.341 e. The third-order valence-electron chi connectivity index (χ3n) is 6.90. The molecule has 2 fully saturated rings. The summed E-state index contributed by atoms with van der Waals surface area (Å²) in [5.74, 6) is -0.765. The first kappa shape index (κ1) is 23.2. The zero-order valence-electron chi connectivity index (χ0n) is 19.3. The number of nitrogens with one attached hydrogen (secondary N) is 2. The van der Waals surface area contributed by atoms with E-state index in [4.69, 9.17) is 0 Å². The van der Waals surface area contributed by atoms with Gasteiger partial charge in [0.25, 0.3) is 5.91 Å². The van der Waals surface area contributed by atoms with Gasteiger partial charge in [0, 0.05) is 51.8 Å². The first-order valence-corrected chi connectivity index (χ1v) is 11.9. The average Bonchev–Trinajstić information content (AvgIpc) is 3.14. The number of aryl methyl sites for hydroxylation is 1. The summed E-state index contributed by atoms with van der Waals surface area (Å²) in [7, 11) is 1.67. The third-order valence-corrected chi connectivity index (χ3v) is 6.90. The summed E-state index contributed by atoms with van der Waals surface area (Å²) in [5, 5.41) is 5.03. The van der Waals surface area contributed by atoms with Crippen LogP contribution in [0.3, 0.4) is 0 Å². The number of rotatable bonds is 7. The Morgan fingerprint density at radius 3 is 2.61 bits per heavy atom. The maximum absolute atomic E-state index is 12.8. The molecule has 3 aliphatic rings. The number of hydrogen-bond donors (Lipinski definition) is 2.